The first-order chi connectivity index (χ1) is 12.8. The molecule has 5 nitrogen and oxygen atoms in total. The number of carbonyl (C=O) groups excluding carboxylic acids is 2. The Balaban J connectivity index is 1.92. The van der Waals surface area contributed by atoms with Crippen LogP contribution in [0, 0.1) is 0 Å². The summed E-state index contributed by atoms with van der Waals surface area (Å²) in [6.07, 6.45) is 4.41. The molecule has 142 valence electrons. The van der Waals surface area contributed by atoms with Gasteiger partial charge in [0.15, 0.2) is 5.78 Å². The number of nitrogens with zero attached hydrogens (tertiary/aromatic N) is 1. The molecule has 1 amide bonds. The number of Topliss-reactive ketones (excluding diaryl/α,β-unsaturated/α-hetero) is 1. The minimum atomic E-state index is -0.209. The summed E-state index contributed by atoms with van der Waals surface area (Å²) in [6, 6.07) is 5.91. The SMILES string of the molecule is COc1cc(C(=O)NCC2=C(C)C=C(C)CC2=O)c2ccn(C(C)C)c2c1. The van der Waals surface area contributed by atoms with E-state index >= 15 is 0 Å². The number of ether oxygens (including phenoxy) is 1. The monoisotopic (exact) mass is 366 g/mol. The highest BCUT2D eigenvalue weighted by Gasteiger charge is 2.20. The Labute approximate surface area is 159 Å². The molecule has 0 saturated carbocycles. The molecule has 0 bridgehead atoms. The Bertz CT molecular complexity index is 977. The molecule has 0 atom stereocenters. The van der Waals surface area contributed by atoms with Gasteiger partial charge >= 0.3 is 0 Å². The molecule has 1 heterocycles. The van der Waals surface area contributed by atoms with Gasteiger partial charge in [-0.2, -0.15) is 0 Å². The smallest absolute Gasteiger partial charge is 0.252 e. The molecule has 3 rings (SSSR count). The van der Waals surface area contributed by atoms with Crippen molar-refractivity contribution >= 4 is 22.6 Å². The van der Waals surface area contributed by atoms with Gasteiger partial charge in [0.1, 0.15) is 5.75 Å². The number of methoxy groups -OCH3 is 1. The zero-order chi connectivity index (χ0) is 19.7. The standard InChI is InChI=1S/C22H26N2O3/c1-13(2)24-7-6-17-18(10-16(27-5)11-20(17)24)22(26)23-12-19-15(4)8-14(3)9-21(19)25/h6-8,10-11,13H,9,12H2,1-5H3,(H,23,26). The normalized spacial score (nSPS) is 14.7. The number of carbonyl (C=O) groups is 2. The van der Waals surface area contributed by atoms with Crippen molar-refractivity contribution in [3.63, 3.8) is 0 Å². The van der Waals surface area contributed by atoms with Crippen LogP contribution in [0.5, 0.6) is 5.75 Å². The second kappa shape index (κ2) is 7.43. The van der Waals surface area contributed by atoms with Crippen molar-refractivity contribution in [2.75, 3.05) is 13.7 Å². The number of allylic oxidation sites excluding steroid dienone is 3. The van der Waals surface area contributed by atoms with Crippen molar-refractivity contribution in [3.05, 3.63) is 52.8 Å². The third kappa shape index (κ3) is 3.68. The van der Waals surface area contributed by atoms with Crippen LogP contribution >= 0.6 is 0 Å². The van der Waals surface area contributed by atoms with Crippen LogP contribution in [0.4, 0.5) is 0 Å². The van der Waals surface area contributed by atoms with Crippen LogP contribution in [0.2, 0.25) is 0 Å². The molecular formula is C22H26N2O3. The molecule has 0 saturated heterocycles. The zero-order valence-corrected chi connectivity index (χ0v) is 16.6. The van der Waals surface area contributed by atoms with Crippen molar-refractivity contribution in [1.29, 1.82) is 0 Å². The molecular weight excluding hydrogens is 340 g/mol. The van der Waals surface area contributed by atoms with Crippen LogP contribution in [-0.4, -0.2) is 29.9 Å². The fourth-order valence-corrected chi connectivity index (χ4v) is 3.58. The van der Waals surface area contributed by atoms with Crippen molar-refractivity contribution in [3.8, 4) is 5.75 Å². The first kappa shape index (κ1) is 19.0. The summed E-state index contributed by atoms with van der Waals surface area (Å²) in [5.41, 5.74) is 4.16. The van der Waals surface area contributed by atoms with Crippen molar-refractivity contribution in [2.45, 2.75) is 40.2 Å². The third-order valence-corrected chi connectivity index (χ3v) is 4.99. The Hall–Kier alpha value is -2.82. The average Bonchev–Trinajstić information content (AvgIpc) is 3.03. The van der Waals surface area contributed by atoms with Gasteiger partial charge in [-0.15, -0.1) is 0 Å². The summed E-state index contributed by atoms with van der Waals surface area (Å²) in [4.78, 5) is 25.2. The first-order valence-corrected chi connectivity index (χ1v) is 9.18. The predicted molar refractivity (Wildman–Crippen MR) is 107 cm³/mol. The van der Waals surface area contributed by atoms with E-state index in [-0.39, 0.29) is 24.3 Å². The maximum atomic E-state index is 12.9. The molecule has 27 heavy (non-hydrogen) atoms. The van der Waals surface area contributed by atoms with Crippen LogP contribution in [0.15, 0.2) is 47.2 Å². The maximum absolute atomic E-state index is 12.9. The van der Waals surface area contributed by atoms with E-state index in [2.05, 4.69) is 23.7 Å². The number of hydrogen-bond acceptors (Lipinski definition) is 3. The van der Waals surface area contributed by atoms with Crippen LogP contribution in [0.25, 0.3) is 10.9 Å². The van der Waals surface area contributed by atoms with Gasteiger partial charge in [-0.3, -0.25) is 9.59 Å². The Kier molecular flexibility index (Phi) is 5.22. The number of hydrogen-bond donors (Lipinski definition) is 1. The second-order valence-corrected chi connectivity index (χ2v) is 7.36. The molecule has 0 fully saturated rings. The van der Waals surface area contributed by atoms with E-state index in [1.54, 1.807) is 13.2 Å². The number of nitrogens with one attached hydrogen (secondary N) is 1. The molecule has 0 spiro atoms. The zero-order valence-electron chi connectivity index (χ0n) is 16.6. The summed E-state index contributed by atoms with van der Waals surface area (Å²) in [7, 11) is 1.59. The van der Waals surface area contributed by atoms with Crippen molar-refractivity contribution in [2.24, 2.45) is 0 Å². The molecule has 1 aliphatic rings. The van der Waals surface area contributed by atoms with Crippen LogP contribution in [0.1, 0.15) is 50.5 Å². The van der Waals surface area contributed by atoms with Gasteiger partial charge in [0.25, 0.3) is 5.91 Å². The van der Waals surface area contributed by atoms with E-state index in [0.29, 0.717) is 23.3 Å². The largest absolute Gasteiger partial charge is 0.497 e. The molecule has 1 aromatic heterocycles. The molecule has 1 aliphatic carbocycles. The Morgan fingerprint density at radius 2 is 2.04 bits per heavy atom. The van der Waals surface area contributed by atoms with Crippen LogP contribution in [-0.2, 0) is 4.79 Å². The minimum Gasteiger partial charge on any atom is -0.497 e. The van der Waals surface area contributed by atoms with E-state index in [4.69, 9.17) is 4.74 Å². The van der Waals surface area contributed by atoms with Gasteiger partial charge in [0, 0.05) is 42.2 Å². The van der Waals surface area contributed by atoms with Crippen LogP contribution < -0.4 is 10.1 Å². The van der Waals surface area contributed by atoms with Gasteiger partial charge in [-0.05, 0) is 45.4 Å². The highest BCUT2D eigenvalue weighted by atomic mass is 16.5. The van der Waals surface area contributed by atoms with E-state index in [9.17, 15) is 9.59 Å². The lowest BCUT2D eigenvalue weighted by atomic mass is 9.92. The highest BCUT2D eigenvalue weighted by molar-refractivity contribution is 6.08. The van der Waals surface area contributed by atoms with E-state index < -0.39 is 0 Å². The van der Waals surface area contributed by atoms with Crippen LogP contribution in [0.3, 0.4) is 0 Å². The van der Waals surface area contributed by atoms with E-state index in [0.717, 1.165) is 22.0 Å². The summed E-state index contributed by atoms with van der Waals surface area (Å²) >= 11 is 0. The number of aromatic nitrogens is 1. The lowest BCUT2D eigenvalue weighted by Gasteiger charge is -2.16. The summed E-state index contributed by atoms with van der Waals surface area (Å²) in [5.74, 6) is 0.505. The highest BCUT2D eigenvalue weighted by Crippen LogP contribution is 2.29. The Morgan fingerprint density at radius 3 is 2.67 bits per heavy atom. The van der Waals surface area contributed by atoms with Gasteiger partial charge in [0.05, 0.1) is 18.2 Å². The number of fused-ring (bicyclic) bond motifs is 1. The number of benzene rings is 1. The maximum Gasteiger partial charge on any atom is 0.252 e. The van der Waals surface area contributed by atoms with Crippen molar-refractivity contribution in [1.82, 2.24) is 9.88 Å². The van der Waals surface area contributed by atoms with E-state index in [1.165, 1.54) is 0 Å². The fraction of sp³-hybridized carbons (Fsp3) is 0.364. The third-order valence-electron chi connectivity index (χ3n) is 4.99. The van der Waals surface area contributed by atoms with Gasteiger partial charge < -0.3 is 14.6 Å². The number of rotatable bonds is 5. The average molecular weight is 366 g/mol. The first-order valence-electron chi connectivity index (χ1n) is 9.18. The van der Waals surface area contributed by atoms with Gasteiger partial charge in [0.2, 0.25) is 0 Å². The lowest BCUT2D eigenvalue weighted by molar-refractivity contribution is -0.115. The number of ketones is 1. The van der Waals surface area contributed by atoms with Gasteiger partial charge in [-0.1, -0.05) is 11.6 Å². The molecule has 0 unspecified atom stereocenters. The van der Waals surface area contributed by atoms with Crippen molar-refractivity contribution < 1.29 is 14.3 Å². The molecule has 0 aliphatic heterocycles. The quantitative estimate of drug-likeness (QED) is 0.863. The molecule has 0 radical (unpaired) electrons. The lowest BCUT2D eigenvalue weighted by Crippen LogP contribution is -2.29. The second-order valence-electron chi connectivity index (χ2n) is 7.36. The molecule has 2 aromatic rings. The Morgan fingerprint density at radius 1 is 1.30 bits per heavy atom. The molecule has 1 aromatic carbocycles. The fourth-order valence-electron chi connectivity index (χ4n) is 3.58. The predicted octanol–water partition coefficient (Wildman–Crippen LogP) is 4.20. The van der Waals surface area contributed by atoms with E-state index in [1.807, 2.05) is 38.3 Å². The summed E-state index contributed by atoms with van der Waals surface area (Å²) in [5, 5.41) is 3.79. The topological polar surface area (TPSA) is 60.3 Å². The van der Waals surface area contributed by atoms with Gasteiger partial charge in [-0.25, -0.2) is 0 Å². The molecule has 5 heteroatoms. The number of amides is 1. The minimum absolute atomic E-state index is 0.0783. The summed E-state index contributed by atoms with van der Waals surface area (Å²) in [6.45, 7) is 8.28. The summed E-state index contributed by atoms with van der Waals surface area (Å²) < 4.78 is 7.50. The molecule has 1 N–H and O–H groups in total.